The maximum atomic E-state index is 12.8. The van der Waals surface area contributed by atoms with Gasteiger partial charge in [0.25, 0.3) is 5.69 Å². The molecule has 2 aromatic carbocycles. The van der Waals surface area contributed by atoms with Gasteiger partial charge in [-0.25, -0.2) is 4.79 Å². The van der Waals surface area contributed by atoms with E-state index in [9.17, 15) is 19.7 Å². The highest BCUT2D eigenvalue weighted by Crippen LogP contribution is 2.27. The minimum absolute atomic E-state index is 0.0453. The van der Waals surface area contributed by atoms with Crippen LogP contribution in [0.4, 0.5) is 11.4 Å². The number of ketones is 1. The summed E-state index contributed by atoms with van der Waals surface area (Å²) in [5.41, 5.74) is 1.06. The molecule has 0 bridgehead atoms. The highest BCUT2D eigenvalue weighted by molar-refractivity contribution is 6.14. The molecule has 7 nitrogen and oxygen atoms in total. The number of ether oxygens (including phenoxy) is 1. The summed E-state index contributed by atoms with van der Waals surface area (Å²) >= 11 is 0. The number of rotatable bonds is 7. The van der Waals surface area contributed by atoms with Gasteiger partial charge in [-0.2, -0.15) is 0 Å². The van der Waals surface area contributed by atoms with E-state index >= 15 is 0 Å². The van der Waals surface area contributed by atoms with Crippen molar-refractivity contribution in [2.75, 3.05) is 19.0 Å². The summed E-state index contributed by atoms with van der Waals surface area (Å²) in [6, 6.07) is 10.3. The SMILES string of the molecule is C=C(C)COC(=O)c1ccccc1C(=O)c1ccc(NC)c([N+](=O)[O-])c1. The lowest BCUT2D eigenvalue weighted by Gasteiger charge is -2.10. The van der Waals surface area contributed by atoms with Gasteiger partial charge in [-0.1, -0.05) is 24.8 Å². The average Bonchev–Trinajstić information content (AvgIpc) is 2.64. The topological polar surface area (TPSA) is 98.5 Å². The van der Waals surface area contributed by atoms with Gasteiger partial charge in [0.2, 0.25) is 0 Å². The lowest BCUT2D eigenvalue weighted by molar-refractivity contribution is -0.384. The first-order chi connectivity index (χ1) is 12.3. The van der Waals surface area contributed by atoms with Crippen molar-refractivity contribution >= 4 is 23.1 Å². The molecule has 26 heavy (non-hydrogen) atoms. The number of carbonyl (C=O) groups excluding carboxylic acids is 2. The predicted molar refractivity (Wildman–Crippen MR) is 97.6 cm³/mol. The van der Waals surface area contributed by atoms with Crippen LogP contribution in [0, 0.1) is 10.1 Å². The molecule has 0 radical (unpaired) electrons. The largest absolute Gasteiger partial charge is 0.458 e. The van der Waals surface area contributed by atoms with Crippen molar-refractivity contribution in [3.05, 3.63) is 81.4 Å². The van der Waals surface area contributed by atoms with Crippen LogP contribution in [-0.2, 0) is 4.74 Å². The fourth-order valence-corrected chi connectivity index (χ4v) is 2.32. The minimum atomic E-state index is -0.654. The Balaban J connectivity index is 2.42. The molecular formula is C19H18N2O5. The van der Waals surface area contributed by atoms with E-state index in [1.807, 2.05) is 0 Å². The Morgan fingerprint density at radius 2 is 1.85 bits per heavy atom. The van der Waals surface area contributed by atoms with Gasteiger partial charge >= 0.3 is 5.97 Å². The molecular weight excluding hydrogens is 336 g/mol. The molecule has 0 aliphatic heterocycles. The standard InChI is InChI=1S/C19H18N2O5/c1-12(2)11-26-19(23)15-7-5-4-6-14(15)18(22)13-8-9-16(20-3)17(10-13)21(24)25/h4-10,20H,1,11H2,2-3H3. The second-order valence-electron chi connectivity index (χ2n) is 5.65. The zero-order valence-electron chi connectivity index (χ0n) is 14.4. The Hall–Kier alpha value is -3.48. The first-order valence-electron chi connectivity index (χ1n) is 7.76. The molecule has 0 spiro atoms. The third-order valence-corrected chi connectivity index (χ3v) is 3.57. The van der Waals surface area contributed by atoms with Crippen LogP contribution in [0.3, 0.4) is 0 Å². The van der Waals surface area contributed by atoms with Crippen molar-refractivity contribution in [2.24, 2.45) is 0 Å². The summed E-state index contributed by atoms with van der Waals surface area (Å²) in [5, 5.41) is 13.9. The average molecular weight is 354 g/mol. The van der Waals surface area contributed by atoms with Crippen molar-refractivity contribution in [1.29, 1.82) is 0 Å². The minimum Gasteiger partial charge on any atom is -0.458 e. The Morgan fingerprint density at radius 1 is 1.19 bits per heavy atom. The van der Waals surface area contributed by atoms with Crippen LogP contribution in [0.25, 0.3) is 0 Å². The van der Waals surface area contributed by atoms with Gasteiger partial charge in [0.05, 0.1) is 10.5 Å². The normalized spacial score (nSPS) is 10.1. The number of esters is 1. The van der Waals surface area contributed by atoms with Gasteiger partial charge in [-0.05, 0) is 30.7 Å². The summed E-state index contributed by atoms with van der Waals surface area (Å²) < 4.78 is 5.11. The Kier molecular flexibility index (Phi) is 5.85. The third-order valence-electron chi connectivity index (χ3n) is 3.57. The number of carbonyl (C=O) groups is 2. The number of nitro benzene ring substituents is 1. The first-order valence-corrected chi connectivity index (χ1v) is 7.76. The summed E-state index contributed by atoms with van der Waals surface area (Å²) in [6.07, 6.45) is 0. The lowest BCUT2D eigenvalue weighted by atomic mass is 9.97. The Morgan fingerprint density at radius 3 is 2.42 bits per heavy atom. The number of anilines is 1. The van der Waals surface area contributed by atoms with E-state index in [0.29, 0.717) is 11.3 Å². The number of hydrogen-bond donors (Lipinski definition) is 1. The van der Waals surface area contributed by atoms with Crippen molar-refractivity contribution in [1.82, 2.24) is 0 Å². The molecule has 0 aliphatic carbocycles. The fraction of sp³-hybridized carbons (Fsp3) is 0.158. The molecule has 7 heteroatoms. The summed E-state index contributed by atoms with van der Waals surface area (Å²) in [5.74, 6) is -1.16. The van der Waals surface area contributed by atoms with Gasteiger partial charge in [0.15, 0.2) is 5.78 Å². The fourth-order valence-electron chi connectivity index (χ4n) is 2.32. The van der Waals surface area contributed by atoms with Crippen molar-refractivity contribution in [2.45, 2.75) is 6.92 Å². The van der Waals surface area contributed by atoms with Crippen LogP contribution in [0.2, 0.25) is 0 Å². The van der Waals surface area contributed by atoms with Crippen LogP contribution < -0.4 is 5.32 Å². The molecule has 0 saturated carbocycles. The van der Waals surface area contributed by atoms with Gasteiger partial charge in [0, 0.05) is 24.2 Å². The highest BCUT2D eigenvalue weighted by Gasteiger charge is 2.22. The summed E-state index contributed by atoms with van der Waals surface area (Å²) in [4.78, 5) is 35.7. The number of nitrogens with one attached hydrogen (secondary N) is 1. The van der Waals surface area contributed by atoms with Gasteiger partial charge in [-0.15, -0.1) is 0 Å². The van der Waals surface area contributed by atoms with Crippen LogP contribution >= 0.6 is 0 Å². The summed E-state index contributed by atoms with van der Waals surface area (Å²) in [7, 11) is 1.55. The molecule has 2 aromatic rings. The second-order valence-corrected chi connectivity index (χ2v) is 5.65. The quantitative estimate of drug-likeness (QED) is 0.268. The van der Waals surface area contributed by atoms with Crippen LogP contribution in [0.15, 0.2) is 54.6 Å². The molecule has 0 aromatic heterocycles. The van der Waals surface area contributed by atoms with Gasteiger partial charge in [-0.3, -0.25) is 14.9 Å². The monoisotopic (exact) mass is 354 g/mol. The summed E-state index contributed by atoms with van der Waals surface area (Å²) in [6.45, 7) is 5.41. The smallest absolute Gasteiger partial charge is 0.339 e. The lowest BCUT2D eigenvalue weighted by Crippen LogP contribution is -2.13. The van der Waals surface area contributed by atoms with Crippen molar-refractivity contribution in [3.8, 4) is 0 Å². The van der Waals surface area contributed by atoms with Gasteiger partial charge < -0.3 is 10.1 Å². The molecule has 0 aliphatic rings. The molecule has 1 N–H and O–H groups in total. The van der Waals surface area contributed by atoms with E-state index in [1.165, 1.54) is 30.3 Å². The Labute approximate surface area is 150 Å². The molecule has 0 amide bonds. The van der Waals surface area contributed by atoms with Crippen molar-refractivity contribution < 1.29 is 19.2 Å². The Bertz CT molecular complexity index is 889. The van der Waals surface area contributed by atoms with E-state index in [-0.39, 0.29) is 29.0 Å². The number of nitro groups is 1. The van der Waals surface area contributed by atoms with E-state index < -0.39 is 16.7 Å². The zero-order chi connectivity index (χ0) is 19.3. The molecule has 0 heterocycles. The first kappa shape index (κ1) is 18.9. The molecule has 2 rings (SSSR count). The third kappa shape index (κ3) is 4.13. The van der Waals surface area contributed by atoms with E-state index in [0.717, 1.165) is 0 Å². The molecule has 0 saturated heterocycles. The molecule has 0 atom stereocenters. The van der Waals surface area contributed by atoms with Crippen LogP contribution in [0.1, 0.15) is 33.2 Å². The number of hydrogen-bond acceptors (Lipinski definition) is 6. The van der Waals surface area contributed by atoms with Crippen molar-refractivity contribution in [3.63, 3.8) is 0 Å². The molecule has 0 fully saturated rings. The van der Waals surface area contributed by atoms with Gasteiger partial charge in [0.1, 0.15) is 12.3 Å². The van der Waals surface area contributed by atoms with Crippen LogP contribution in [0.5, 0.6) is 0 Å². The zero-order valence-corrected chi connectivity index (χ0v) is 14.4. The molecule has 0 unspecified atom stereocenters. The van der Waals surface area contributed by atoms with Crippen LogP contribution in [-0.4, -0.2) is 30.3 Å². The highest BCUT2D eigenvalue weighted by atomic mass is 16.6. The molecule has 134 valence electrons. The number of benzene rings is 2. The predicted octanol–water partition coefficient (Wildman–Crippen LogP) is 3.60. The van der Waals surface area contributed by atoms with E-state index in [2.05, 4.69) is 11.9 Å². The van der Waals surface area contributed by atoms with E-state index in [1.54, 1.807) is 26.1 Å². The maximum absolute atomic E-state index is 12.8. The second kappa shape index (κ2) is 8.06. The van der Waals surface area contributed by atoms with E-state index in [4.69, 9.17) is 4.74 Å². The maximum Gasteiger partial charge on any atom is 0.339 e. The number of nitrogens with zero attached hydrogens (tertiary/aromatic N) is 1.